The summed E-state index contributed by atoms with van der Waals surface area (Å²) in [6.07, 6.45) is 0. The lowest BCUT2D eigenvalue weighted by Crippen LogP contribution is -2.22. The molecule has 0 spiro atoms. The van der Waals surface area contributed by atoms with Crippen LogP contribution in [0.5, 0.6) is 0 Å². The van der Waals surface area contributed by atoms with Crippen molar-refractivity contribution in [3.63, 3.8) is 0 Å². The summed E-state index contributed by atoms with van der Waals surface area (Å²) in [7, 11) is 0. The molecule has 3 nitrogen and oxygen atoms in total. The minimum Gasteiger partial charge on any atom is -0.375 e. The Bertz CT molecular complexity index is 614. The number of nitrogens with one attached hydrogen (secondary N) is 2. The lowest BCUT2D eigenvalue weighted by molar-refractivity contribution is -0.114. The summed E-state index contributed by atoms with van der Waals surface area (Å²) in [4.78, 5) is 11.9. The van der Waals surface area contributed by atoms with Gasteiger partial charge in [0.1, 0.15) is 0 Å². The van der Waals surface area contributed by atoms with E-state index in [1.54, 1.807) is 18.2 Å². The molecule has 104 valence electrons. The zero-order valence-electron chi connectivity index (χ0n) is 10.3. The fourth-order valence-corrected chi connectivity index (χ4v) is 2.65. The van der Waals surface area contributed by atoms with E-state index in [4.69, 9.17) is 23.2 Å². The van der Waals surface area contributed by atoms with E-state index in [1.165, 1.54) is 0 Å². The van der Waals surface area contributed by atoms with E-state index in [2.05, 4.69) is 33.2 Å². The van der Waals surface area contributed by atoms with Crippen molar-refractivity contribution in [1.82, 2.24) is 0 Å². The molecule has 2 aromatic rings. The Kier molecular flexibility index (Phi) is 5.51. The zero-order valence-corrected chi connectivity index (χ0v) is 14.0. The van der Waals surface area contributed by atoms with Crippen LogP contribution in [0.4, 0.5) is 11.4 Å². The van der Waals surface area contributed by atoms with Crippen molar-refractivity contribution in [3.8, 4) is 0 Å². The monoisotopic (exact) mass is 420 g/mol. The molecule has 0 saturated carbocycles. The Morgan fingerprint density at radius 1 is 1.05 bits per heavy atom. The number of amides is 1. The van der Waals surface area contributed by atoms with E-state index in [9.17, 15) is 4.79 Å². The number of hydrogen-bond acceptors (Lipinski definition) is 2. The summed E-state index contributed by atoms with van der Waals surface area (Å²) in [5.41, 5.74) is 1.35. The minimum atomic E-state index is -0.209. The minimum absolute atomic E-state index is 0.140. The molecule has 6 heteroatoms. The smallest absolute Gasteiger partial charge is 0.243 e. The maximum atomic E-state index is 11.9. The van der Waals surface area contributed by atoms with Gasteiger partial charge < -0.3 is 10.6 Å². The van der Waals surface area contributed by atoms with Crippen molar-refractivity contribution in [2.45, 2.75) is 0 Å². The van der Waals surface area contributed by atoms with Crippen LogP contribution < -0.4 is 10.6 Å². The highest BCUT2D eigenvalue weighted by Crippen LogP contribution is 2.29. The van der Waals surface area contributed by atoms with Gasteiger partial charge in [0.05, 0.1) is 22.3 Å². The summed E-state index contributed by atoms with van der Waals surface area (Å²) < 4.78 is 1.05. The number of anilines is 2. The largest absolute Gasteiger partial charge is 0.375 e. The van der Waals surface area contributed by atoms with Crippen LogP contribution >= 0.6 is 45.8 Å². The van der Waals surface area contributed by atoms with Crippen LogP contribution in [0.2, 0.25) is 10.0 Å². The van der Waals surface area contributed by atoms with E-state index in [0.717, 1.165) is 9.26 Å². The van der Waals surface area contributed by atoms with E-state index in [1.807, 2.05) is 24.3 Å². The molecular weight excluding hydrogens is 410 g/mol. The summed E-state index contributed by atoms with van der Waals surface area (Å²) in [5, 5.41) is 6.60. The maximum absolute atomic E-state index is 11.9. The number of rotatable bonds is 4. The molecule has 20 heavy (non-hydrogen) atoms. The van der Waals surface area contributed by atoms with Crippen molar-refractivity contribution in [2.75, 3.05) is 17.2 Å². The number of para-hydroxylation sites is 2. The molecule has 2 rings (SSSR count). The highest BCUT2D eigenvalue weighted by Gasteiger charge is 2.09. The van der Waals surface area contributed by atoms with Gasteiger partial charge in [-0.05, 0) is 46.9 Å². The highest BCUT2D eigenvalue weighted by atomic mass is 127. The van der Waals surface area contributed by atoms with Gasteiger partial charge in [-0.1, -0.05) is 41.4 Å². The van der Waals surface area contributed by atoms with Crippen molar-refractivity contribution in [2.24, 2.45) is 0 Å². The van der Waals surface area contributed by atoms with Crippen molar-refractivity contribution in [3.05, 3.63) is 56.1 Å². The Morgan fingerprint density at radius 2 is 1.70 bits per heavy atom. The lowest BCUT2D eigenvalue weighted by Gasteiger charge is -2.11. The van der Waals surface area contributed by atoms with Crippen LogP contribution in [-0.4, -0.2) is 12.5 Å². The predicted molar refractivity (Wildman–Crippen MR) is 92.7 cm³/mol. The first-order chi connectivity index (χ1) is 9.58. The SMILES string of the molecule is O=C(CNc1ccccc1I)Nc1c(Cl)cccc1Cl. The topological polar surface area (TPSA) is 41.1 Å². The average Bonchev–Trinajstić information content (AvgIpc) is 2.42. The quantitative estimate of drug-likeness (QED) is 0.707. The van der Waals surface area contributed by atoms with E-state index >= 15 is 0 Å². The molecule has 1 amide bonds. The third-order valence-corrected chi connectivity index (χ3v) is 4.11. The third-order valence-electron chi connectivity index (χ3n) is 2.54. The molecule has 0 unspecified atom stereocenters. The van der Waals surface area contributed by atoms with Gasteiger partial charge >= 0.3 is 0 Å². The average molecular weight is 421 g/mol. The molecule has 0 bridgehead atoms. The number of benzene rings is 2. The maximum Gasteiger partial charge on any atom is 0.243 e. The Balaban J connectivity index is 1.98. The first-order valence-corrected chi connectivity index (χ1v) is 7.63. The van der Waals surface area contributed by atoms with Crippen LogP contribution in [0.25, 0.3) is 0 Å². The van der Waals surface area contributed by atoms with Gasteiger partial charge in [-0.3, -0.25) is 4.79 Å². The van der Waals surface area contributed by atoms with E-state index in [-0.39, 0.29) is 12.5 Å². The summed E-state index contributed by atoms with van der Waals surface area (Å²) in [6.45, 7) is 0.140. The first-order valence-electron chi connectivity index (χ1n) is 5.80. The van der Waals surface area contributed by atoms with E-state index < -0.39 is 0 Å². The van der Waals surface area contributed by atoms with Crippen LogP contribution in [-0.2, 0) is 4.79 Å². The molecule has 2 aromatic carbocycles. The fourth-order valence-electron chi connectivity index (χ4n) is 1.58. The molecule has 0 heterocycles. The number of hydrogen-bond donors (Lipinski definition) is 2. The zero-order chi connectivity index (χ0) is 14.5. The second kappa shape index (κ2) is 7.15. The van der Waals surface area contributed by atoms with Gasteiger partial charge in [-0.15, -0.1) is 0 Å². The van der Waals surface area contributed by atoms with Crippen molar-refractivity contribution in [1.29, 1.82) is 0 Å². The molecular formula is C14H11Cl2IN2O. The lowest BCUT2D eigenvalue weighted by atomic mass is 10.3. The molecule has 0 aliphatic heterocycles. The summed E-state index contributed by atoms with van der Waals surface area (Å²) in [6, 6.07) is 12.8. The van der Waals surface area contributed by atoms with Gasteiger partial charge in [-0.25, -0.2) is 0 Å². The van der Waals surface area contributed by atoms with Gasteiger partial charge in [0.15, 0.2) is 0 Å². The van der Waals surface area contributed by atoms with Gasteiger partial charge in [0, 0.05) is 9.26 Å². The Hall–Kier alpha value is -0.980. The van der Waals surface area contributed by atoms with Crippen LogP contribution in [0, 0.1) is 3.57 Å². The fraction of sp³-hybridized carbons (Fsp3) is 0.0714. The van der Waals surface area contributed by atoms with E-state index in [0.29, 0.717) is 15.7 Å². The molecule has 0 atom stereocenters. The van der Waals surface area contributed by atoms with Gasteiger partial charge in [-0.2, -0.15) is 0 Å². The molecule has 0 aliphatic carbocycles. The third kappa shape index (κ3) is 4.01. The number of carbonyl (C=O) groups is 1. The number of halogens is 3. The van der Waals surface area contributed by atoms with Crippen molar-refractivity contribution >= 4 is 63.1 Å². The van der Waals surface area contributed by atoms with Crippen molar-refractivity contribution < 1.29 is 4.79 Å². The number of carbonyl (C=O) groups excluding carboxylic acids is 1. The molecule has 0 fully saturated rings. The molecule has 0 aromatic heterocycles. The predicted octanol–water partition coefficient (Wildman–Crippen LogP) is 4.65. The molecule has 0 radical (unpaired) electrons. The van der Waals surface area contributed by atoms with Crippen LogP contribution in [0.1, 0.15) is 0 Å². The molecule has 0 aliphatic rings. The standard InChI is InChI=1S/C14H11Cl2IN2O/c15-9-4-3-5-10(16)14(9)19-13(20)8-18-12-7-2-1-6-11(12)17/h1-7,18H,8H2,(H,19,20). The van der Waals surface area contributed by atoms with Gasteiger partial charge in [0.2, 0.25) is 5.91 Å². The summed E-state index contributed by atoms with van der Waals surface area (Å²) in [5.74, 6) is -0.209. The molecule has 0 saturated heterocycles. The second-order valence-corrected chi connectivity index (χ2v) is 5.95. The van der Waals surface area contributed by atoms with Crippen LogP contribution in [0.15, 0.2) is 42.5 Å². The van der Waals surface area contributed by atoms with Gasteiger partial charge in [0.25, 0.3) is 0 Å². The normalized spacial score (nSPS) is 10.2. The summed E-state index contributed by atoms with van der Waals surface area (Å²) >= 11 is 14.2. The highest BCUT2D eigenvalue weighted by molar-refractivity contribution is 14.1. The second-order valence-electron chi connectivity index (χ2n) is 3.98. The molecule has 2 N–H and O–H groups in total. The first kappa shape index (κ1) is 15.4. The van der Waals surface area contributed by atoms with Crippen LogP contribution in [0.3, 0.4) is 0 Å². The Morgan fingerprint density at radius 3 is 2.35 bits per heavy atom. The Labute approximate surface area is 140 Å².